The number of halogens is 2. The SMILES string of the molecule is CC(N)=Nc1ncc(Cl)c2ccc(-c3cccc(C#N)c3)cc12.N#Cc1cccc(-c2ccc3c(Cl)cnc(N=C(N)N)c3c2)c1. The van der Waals surface area contributed by atoms with Crippen molar-refractivity contribution in [2.24, 2.45) is 27.2 Å². The first-order valence-electron chi connectivity index (χ1n) is 13.7. The van der Waals surface area contributed by atoms with Crippen molar-refractivity contribution in [3.63, 3.8) is 0 Å². The number of fused-ring (bicyclic) bond motifs is 2. The Morgan fingerprint density at radius 3 is 1.46 bits per heavy atom. The summed E-state index contributed by atoms with van der Waals surface area (Å²) in [6.07, 6.45) is 3.09. The van der Waals surface area contributed by atoms with Gasteiger partial charge in [0.1, 0.15) is 0 Å². The Hall–Kier alpha value is -6.00. The predicted molar refractivity (Wildman–Crippen MR) is 186 cm³/mol. The molecule has 224 valence electrons. The molecule has 0 atom stereocenters. The number of hydrogen-bond donors (Lipinski definition) is 3. The number of pyridine rings is 2. The average molecular weight is 643 g/mol. The van der Waals surface area contributed by atoms with Crippen molar-refractivity contribution in [3.05, 3.63) is 118 Å². The lowest BCUT2D eigenvalue weighted by molar-refractivity contribution is 1.28. The van der Waals surface area contributed by atoms with Gasteiger partial charge in [-0.15, -0.1) is 0 Å². The molecule has 2 heterocycles. The quantitative estimate of drug-likeness (QED) is 0.130. The fraction of sp³-hybridized carbons (Fsp3) is 0.0286. The summed E-state index contributed by atoms with van der Waals surface area (Å²) < 4.78 is 0. The van der Waals surface area contributed by atoms with Crippen LogP contribution < -0.4 is 17.2 Å². The summed E-state index contributed by atoms with van der Waals surface area (Å²) in [6, 6.07) is 30.7. The number of nitrogens with two attached hydrogens (primary N) is 3. The second-order valence-corrected chi connectivity index (χ2v) is 10.9. The van der Waals surface area contributed by atoms with Gasteiger partial charge >= 0.3 is 0 Å². The van der Waals surface area contributed by atoms with Crippen LogP contribution in [0.15, 0.2) is 107 Å². The summed E-state index contributed by atoms with van der Waals surface area (Å²) in [5, 5.41) is 22.4. The van der Waals surface area contributed by atoms with E-state index in [1.807, 2.05) is 72.8 Å². The van der Waals surface area contributed by atoms with Crippen LogP contribution >= 0.6 is 23.2 Å². The molecule has 9 nitrogen and oxygen atoms in total. The second-order valence-electron chi connectivity index (χ2n) is 10.1. The van der Waals surface area contributed by atoms with Gasteiger partial charge in [-0.25, -0.2) is 15.0 Å². The minimum absolute atomic E-state index is 0.0713. The average Bonchev–Trinajstić information content (AvgIpc) is 3.07. The van der Waals surface area contributed by atoms with Crippen LogP contribution in [-0.2, 0) is 0 Å². The van der Waals surface area contributed by atoms with Crippen molar-refractivity contribution >= 4 is 68.2 Å². The number of aliphatic imine (C=N–C) groups is 2. The van der Waals surface area contributed by atoms with Gasteiger partial charge in [-0.2, -0.15) is 15.5 Å². The smallest absolute Gasteiger partial charge is 0.192 e. The number of nitrogens with zero attached hydrogens (tertiary/aromatic N) is 6. The molecule has 2 aromatic heterocycles. The second kappa shape index (κ2) is 13.7. The molecule has 0 fully saturated rings. The van der Waals surface area contributed by atoms with E-state index in [1.165, 1.54) is 6.20 Å². The summed E-state index contributed by atoms with van der Waals surface area (Å²) in [5.41, 5.74) is 21.6. The van der Waals surface area contributed by atoms with Gasteiger partial charge in [0, 0.05) is 33.9 Å². The van der Waals surface area contributed by atoms with Crippen molar-refractivity contribution in [3.8, 4) is 34.4 Å². The first kappa shape index (κ1) is 31.4. The largest absolute Gasteiger partial charge is 0.387 e. The third kappa shape index (κ3) is 7.03. The normalized spacial score (nSPS) is 10.8. The summed E-state index contributed by atoms with van der Waals surface area (Å²) in [7, 11) is 0. The molecule has 0 unspecified atom stereocenters. The maximum absolute atomic E-state index is 9.05. The zero-order valence-corrected chi connectivity index (χ0v) is 25.9. The minimum atomic E-state index is -0.0713. The van der Waals surface area contributed by atoms with E-state index in [0.717, 1.165) is 43.8 Å². The summed E-state index contributed by atoms with van der Waals surface area (Å²) in [6.45, 7) is 1.71. The van der Waals surface area contributed by atoms with Crippen molar-refractivity contribution in [1.82, 2.24) is 9.97 Å². The van der Waals surface area contributed by atoms with E-state index >= 15 is 0 Å². The molecule has 0 radical (unpaired) electrons. The fourth-order valence-corrected chi connectivity index (χ4v) is 5.18. The first-order chi connectivity index (χ1) is 22.2. The number of benzene rings is 4. The van der Waals surface area contributed by atoms with E-state index in [0.29, 0.717) is 38.6 Å². The number of guanidine groups is 1. The van der Waals surface area contributed by atoms with Gasteiger partial charge in [0.05, 0.1) is 39.1 Å². The van der Waals surface area contributed by atoms with Crippen molar-refractivity contribution in [2.45, 2.75) is 6.92 Å². The molecule has 6 rings (SSSR count). The zero-order chi connectivity index (χ0) is 32.8. The third-order valence-corrected chi connectivity index (χ3v) is 7.41. The molecule has 0 saturated heterocycles. The van der Waals surface area contributed by atoms with Gasteiger partial charge in [0.2, 0.25) is 0 Å². The summed E-state index contributed by atoms with van der Waals surface area (Å²) >= 11 is 12.4. The first-order valence-corrected chi connectivity index (χ1v) is 14.5. The Morgan fingerprint density at radius 1 is 0.609 bits per heavy atom. The van der Waals surface area contributed by atoms with Gasteiger partial charge in [-0.3, -0.25) is 0 Å². The monoisotopic (exact) mass is 641 g/mol. The van der Waals surface area contributed by atoms with Crippen LogP contribution in [0.4, 0.5) is 11.6 Å². The van der Waals surface area contributed by atoms with Crippen LogP contribution in [-0.4, -0.2) is 21.8 Å². The molecule has 0 aliphatic carbocycles. The van der Waals surface area contributed by atoms with Crippen molar-refractivity contribution < 1.29 is 0 Å². The van der Waals surface area contributed by atoms with E-state index in [2.05, 4.69) is 32.1 Å². The van der Waals surface area contributed by atoms with E-state index in [-0.39, 0.29) is 5.96 Å². The Balaban J connectivity index is 0.000000181. The van der Waals surface area contributed by atoms with E-state index in [9.17, 15) is 0 Å². The van der Waals surface area contributed by atoms with Crippen LogP contribution in [0, 0.1) is 22.7 Å². The predicted octanol–water partition coefficient (Wildman–Crippen LogP) is 7.77. The Labute approximate surface area is 274 Å². The molecule has 0 spiro atoms. The van der Waals surface area contributed by atoms with Crippen LogP contribution in [0.3, 0.4) is 0 Å². The highest BCUT2D eigenvalue weighted by molar-refractivity contribution is 6.36. The molecular formula is C35H25Cl2N9. The van der Waals surface area contributed by atoms with E-state index in [1.54, 1.807) is 25.3 Å². The molecule has 0 aliphatic heterocycles. The molecular weight excluding hydrogens is 617 g/mol. The lowest BCUT2D eigenvalue weighted by atomic mass is 10.0. The number of aromatic nitrogens is 2. The Morgan fingerprint density at radius 2 is 1.04 bits per heavy atom. The standard InChI is InChI=1S/C18H13ClN4.C17H12ClN5/c1-11(21)23-18-16-8-14(5-6-15(16)17(19)10-22-18)13-4-2-3-12(7-13)9-20;18-15-9-22-16(23-17(20)21)14-7-12(4-5-13(14)15)11-3-1-2-10(6-11)8-19/h2-8,10H,1H3,(H2,21,22,23);1-7,9H,(H4,20,21,22,23). The maximum atomic E-state index is 9.05. The van der Waals surface area contributed by atoms with Gasteiger partial charge in [-0.1, -0.05) is 71.7 Å². The number of nitriles is 2. The van der Waals surface area contributed by atoms with Gasteiger partial charge < -0.3 is 17.2 Å². The van der Waals surface area contributed by atoms with Crippen LogP contribution in [0.25, 0.3) is 43.8 Å². The molecule has 6 N–H and O–H groups in total. The molecule has 0 bridgehead atoms. The molecule has 6 aromatic rings. The van der Waals surface area contributed by atoms with Crippen LogP contribution in [0.5, 0.6) is 0 Å². The molecule has 46 heavy (non-hydrogen) atoms. The minimum Gasteiger partial charge on any atom is -0.387 e. The van der Waals surface area contributed by atoms with Crippen LogP contribution in [0.2, 0.25) is 10.0 Å². The van der Waals surface area contributed by atoms with E-state index < -0.39 is 0 Å². The number of amidine groups is 1. The number of hydrogen-bond acceptors (Lipinski definition) is 6. The maximum Gasteiger partial charge on any atom is 0.192 e. The molecule has 0 amide bonds. The Bertz CT molecular complexity index is 2100. The molecule has 4 aromatic carbocycles. The van der Waals surface area contributed by atoms with Crippen LogP contribution in [0.1, 0.15) is 18.1 Å². The molecule has 11 heteroatoms. The van der Waals surface area contributed by atoms with Gasteiger partial charge in [0.15, 0.2) is 17.6 Å². The highest BCUT2D eigenvalue weighted by Crippen LogP contribution is 2.35. The summed E-state index contributed by atoms with van der Waals surface area (Å²) in [5.74, 6) is 1.29. The third-order valence-electron chi connectivity index (χ3n) is 6.80. The van der Waals surface area contributed by atoms with Crippen molar-refractivity contribution in [2.75, 3.05) is 0 Å². The summed E-state index contributed by atoms with van der Waals surface area (Å²) in [4.78, 5) is 16.8. The highest BCUT2D eigenvalue weighted by atomic mass is 35.5. The highest BCUT2D eigenvalue weighted by Gasteiger charge is 2.10. The van der Waals surface area contributed by atoms with Crippen molar-refractivity contribution in [1.29, 1.82) is 10.5 Å². The van der Waals surface area contributed by atoms with Gasteiger partial charge in [-0.05, 0) is 65.6 Å². The lowest BCUT2D eigenvalue weighted by Crippen LogP contribution is -2.22. The fourth-order valence-electron chi connectivity index (χ4n) is 4.75. The Kier molecular flexibility index (Phi) is 9.39. The number of rotatable bonds is 4. The topological polar surface area (TPSA) is 176 Å². The van der Waals surface area contributed by atoms with Gasteiger partial charge in [0.25, 0.3) is 0 Å². The molecule has 0 aliphatic rings. The zero-order valence-electron chi connectivity index (χ0n) is 24.4. The van der Waals surface area contributed by atoms with E-state index in [4.69, 9.17) is 50.9 Å². The lowest BCUT2D eigenvalue weighted by Gasteiger charge is -2.08. The molecule has 0 saturated carbocycles.